The Labute approximate surface area is 113 Å². The van der Waals surface area contributed by atoms with Crippen LogP contribution < -0.4 is 11.1 Å². The summed E-state index contributed by atoms with van der Waals surface area (Å²) < 4.78 is 0. The number of hydrogen-bond donors (Lipinski definition) is 2. The molecule has 1 heterocycles. The molecule has 6 nitrogen and oxygen atoms in total. The van der Waals surface area contributed by atoms with Crippen LogP contribution in [0.15, 0.2) is 6.20 Å². The Morgan fingerprint density at radius 3 is 2.53 bits per heavy atom. The monoisotopic (exact) mass is 261 g/mol. The minimum absolute atomic E-state index is 0.0581. The molecule has 19 heavy (non-hydrogen) atoms. The smallest absolute Gasteiger partial charge is 0.252 e. The number of nitrogens with zero attached hydrogens (tertiary/aromatic N) is 3. The van der Waals surface area contributed by atoms with Crippen LogP contribution in [0, 0.1) is 23.2 Å². The van der Waals surface area contributed by atoms with Crippen molar-refractivity contribution in [3.05, 3.63) is 17.5 Å². The summed E-state index contributed by atoms with van der Waals surface area (Å²) in [7, 11) is 1.68. The van der Waals surface area contributed by atoms with Gasteiger partial charge in [-0.2, -0.15) is 5.26 Å². The van der Waals surface area contributed by atoms with E-state index in [2.05, 4.69) is 21.4 Å². The molecule has 1 aromatic rings. The summed E-state index contributed by atoms with van der Waals surface area (Å²) in [5, 5.41) is 12.2. The minimum Gasteiger partial charge on any atom is -0.365 e. The summed E-state index contributed by atoms with van der Waals surface area (Å²) in [5.41, 5.74) is 5.93. The topological polar surface area (TPSA) is 105 Å². The molecule has 0 aliphatic carbocycles. The molecular weight excluding hydrogens is 242 g/mol. The van der Waals surface area contributed by atoms with Crippen molar-refractivity contribution < 1.29 is 4.79 Å². The molecule has 1 rings (SSSR count). The van der Waals surface area contributed by atoms with Crippen LogP contribution in [-0.2, 0) is 0 Å². The molecule has 2 atom stereocenters. The molecule has 0 saturated heterocycles. The maximum absolute atomic E-state index is 11.4. The van der Waals surface area contributed by atoms with Crippen LogP contribution in [0.2, 0.25) is 0 Å². The Morgan fingerprint density at radius 1 is 1.47 bits per heavy atom. The number of amides is 1. The van der Waals surface area contributed by atoms with Crippen LogP contribution in [0.3, 0.4) is 0 Å². The van der Waals surface area contributed by atoms with Gasteiger partial charge in [-0.05, 0) is 11.8 Å². The molecule has 0 aliphatic rings. The van der Waals surface area contributed by atoms with Gasteiger partial charge in [0.15, 0.2) is 0 Å². The Balaban J connectivity index is 3.36. The van der Waals surface area contributed by atoms with Crippen molar-refractivity contribution in [2.24, 2.45) is 17.6 Å². The first-order valence-electron chi connectivity index (χ1n) is 6.16. The number of nitriles is 1. The molecular formula is C13H19N5O. The maximum Gasteiger partial charge on any atom is 0.252 e. The van der Waals surface area contributed by atoms with Crippen molar-refractivity contribution in [1.82, 2.24) is 9.97 Å². The average molecular weight is 261 g/mol. The zero-order valence-corrected chi connectivity index (χ0v) is 11.6. The van der Waals surface area contributed by atoms with Crippen molar-refractivity contribution >= 4 is 11.9 Å². The molecule has 0 radical (unpaired) electrons. The molecule has 0 aromatic carbocycles. The molecule has 0 spiro atoms. The first kappa shape index (κ1) is 14.9. The average Bonchev–Trinajstić information content (AvgIpc) is 2.38. The Bertz CT molecular complexity index is 506. The third kappa shape index (κ3) is 3.19. The molecule has 102 valence electrons. The maximum atomic E-state index is 11.4. The van der Waals surface area contributed by atoms with E-state index in [4.69, 9.17) is 5.73 Å². The Hall–Kier alpha value is -2.16. The summed E-state index contributed by atoms with van der Waals surface area (Å²) in [5.74, 6) is -0.385. The van der Waals surface area contributed by atoms with E-state index in [1.165, 1.54) is 6.20 Å². The third-order valence-corrected chi connectivity index (χ3v) is 3.32. The van der Waals surface area contributed by atoms with Gasteiger partial charge in [0.1, 0.15) is 0 Å². The molecule has 0 bridgehead atoms. The summed E-state index contributed by atoms with van der Waals surface area (Å²) in [4.78, 5) is 19.7. The number of hydrogen-bond acceptors (Lipinski definition) is 5. The van der Waals surface area contributed by atoms with E-state index in [0.717, 1.165) is 0 Å². The van der Waals surface area contributed by atoms with Gasteiger partial charge in [-0.15, -0.1) is 0 Å². The number of carbonyl (C=O) groups is 1. The van der Waals surface area contributed by atoms with Crippen LogP contribution in [-0.4, -0.2) is 22.9 Å². The summed E-state index contributed by atoms with van der Waals surface area (Å²) >= 11 is 0. The van der Waals surface area contributed by atoms with Crippen molar-refractivity contribution in [1.29, 1.82) is 5.26 Å². The molecule has 2 unspecified atom stereocenters. The predicted octanol–water partition coefficient (Wildman–Crippen LogP) is 1.52. The highest BCUT2D eigenvalue weighted by Gasteiger charge is 2.27. The molecule has 0 saturated carbocycles. The van der Waals surface area contributed by atoms with E-state index >= 15 is 0 Å². The van der Waals surface area contributed by atoms with Crippen LogP contribution in [0.25, 0.3) is 0 Å². The highest BCUT2D eigenvalue weighted by atomic mass is 16.1. The third-order valence-electron chi connectivity index (χ3n) is 3.32. The number of nitrogens with two attached hydrogens (primary N) is 1. The molecule has 1 amide bonds. The Morgan fingerprint density at radius 2 is 2.11 bits per heavy atom. The number of primary amides is 1. The molecule has 0 fully saturated rings. The highest BCUT2D eigenvalue weighted by Crippen LogP contribution is 2.30. The quantitative estimate of drug-likeness (QED) is 0.836. The molecule has 0 aliphatic heterocycles. The number of rotatable bonds is 5. The van der Waals surface area contributed by atoms with Crippen molar-refractivity contribution in [3.63, 3.8) is 0 Å². The fourth-order valence-corrected chi connectivity index (χ4v) is 1.76. The van der Waals surface area contributed by atoms with Crippen LogP contribution in [0.4, 0.5) is 5.95 Å². The van der Waals surface area contributed by atoms with E-state index < -0.39 is 11.8 Å². The second-order valence-corrected chi connectivity index (χ2v) is 4.82. The summed E-state index contributed by atoms with van der Waals surface area (Å²) in [6.07, 6.45) is 1.37. The van der Waals surface area contributed by atoms with Crippen LogP contribution >= 0.6 is 0 Å². The highest BCUT2D eigenvalue weighted by molar-refractivity contribution is 5.94. The van der Waals surface area contributed by atoms with Gasteiger partial charge in [0.2, 0.25) is 5.95 Å². The lowest BCUT2D eigenvalue weighted by Crippen LogP contribution is -2.22. The van der Waals surface area contributed by atoms with E-state index in [-0.39, 0.29) is 11.5 Å². The van der Waals surface area contributed by atoms with E-state index in [9.17, 15) is 10.1 Å². The largest absolute Gasteiger partial charge is 0.365 e. The van der Waals surface area contributed by atoms with Gasteiger partial charge in [-0.1, -0.05) is 20.8 Å². The normalized spacial score (nSPS) is 13.7. The minimum atomic E-state index is -0.617. The lowest BCUT2D eigenvalue weighted by atomic mass is 9.82. The van der Waals surface area contributed by atoms with E-state index in [0.29, 0.717) is 17.6 Å². The van der Waals surface area contributed by atoms with Gasteiger partial charge in [0.05, 0.1) is 23.2 Å². The first-order valence-corrected chi connectivity index (χ1v) is 6.16. The number of aromatic nitrogens is 2. The van der Waals surface area contributed by atoms with Crippen LogP contribution in [0.5, 0.6) is 0 Å². The van der Waals surface area contributed by atoms with Crippen molar-refractivity contribution in [3.8, 4) is 6.07 Å². The summed E-state index contributed by atoms with van der Waals surface area (Å²) in [6, 6.07) is 2.22. The van der Waals surface area contributed by atoms with Crippen molar-refractivity contribution in [2.75, 3.05) is 12.4 Å². The van der Waals surface area contributed by atoms with E-state index in [1.807, 2.05) is 20.8 Å². The second-order valence-electron chi connectivity index (χ2n) is 4.82. The van der Waals surface area contributed by atoms with Gasteiger partial charge in [0.25, 0.3) is 5.91 Å². The van der Waals surface area contributed by atoms with Gasteiger partial charge in [0, 0.05) is 13.2 Å². The SMILES string of the molecule is CNc1ncc(C(N)=O)c(C(C#N)C(C)C(C)C)n1. The number of anilines is 1. The van der Waals surface area contributed by atoms with Gasteiger partial charge >= 0.3 is 0 Å². The van der Waals surface area contributed by atoms with Gasteiger partial charge in [-0.25, -0.2) is 9.97 Å². The fourth-order valence-electron chi connectivity index (χ4n) is 1.76. The Kier molecular flexibility index (Phi) is 4.81. The number of carbonyl (C=O) groups excluding carboxylic acids is 1. The standard InChI is InChI=1S/C13H19N5O/c1-7(2)8(3)9(5-14)11-10(12(15)19)6-17-13(16-4)18-11/h6-9H,1-4H3,(H2,15,19)(H,16,17,18). The fraction of sp³-hybridized carbons (Fsp3) is 0.538. The zero-order valence-electron chi connectivity index (χ0n) is 11.6. The number of nitrogens with one attached hydrogen (secondary N) is 1. The molecule has 1 aromatic heterocycles. The molecule has 6 heteroatoms. The second kappa shape index (κ2) is 6.14. The zero-order chi connectivity index (χ0) is 14.6. The van der Waals surface area contributed by atoms with Crippen LogP contribution in [0.1, 0.15) is 42.7 Å². The van der Waals surface area contributed by atoms with E-state index in [1.54, 1.807) is 7.05 Å². The predicted molar refractivity (Wildman–Crippen MR) is 72.5 cm³/mol. The van der Waals surface area contributed by atoms with Gasteiger partial charge in [-0.3, -0.25) is 4.79 Å². The molecule has 3 N–H and O–H groups in total. The van der Waals surface area contributed by atoms with Crippen molar-refractivity contribution in [2.45, 2.75) is 26.7 Å². The lowest BCUT2D eigenvalue weighted by Gasteiger charge is -2.22. The summed E-state index contributed by atoms with van der Waals surface area (Å²) in [6.45, 7) is 6.02. The first-order chi connectivity index (χ1) is 8.92. The van der Waals surface area contributed by atoms with Gasteiger partial charge < -0.3 is 11.1 Å². The lowest BCUT2D eigenvalue weighted by molar-refractivity contribution is 0.0998.